The van der Waals surface area contributed by atoms with E-state index in [-0.39, 0.29) is 17.9 Å². The molecule has 138 valence electrons. The summed E-state index contributed by atoms with van der Waals surface area (Å²) in [5.41, 5.74) is 1.67. The number of rotatable bonds is 5. The van der Waals surface area contributed by atoms with Crippen LogP contribution in [0.3, 0.4) is 0 Å². The average molecular weight is 402 g/mol. The maximum Gasteiger partial charge on any atom is 0.272 e. The first kappa shape index (κ1) is 17.7. The van der Waals surface area contributed by atoms with Crippen LogP contribution in [0.15, 0.2) is 40.5 Å². The number of benzene rings is 1. The van der Waals surface area contributed by atoms with Gasteiger partial charge in [0.2, 0.25) is 11.7 Å². The first-order chi connectivity index (χ1) is 13.0. The van der Waals surface area contributed by atoms with Crippen LogP contribution in [-0.2, 0) is 24.8 Å². The average Bonchev–Trinajstić information content (AvgIpc) is 3.30. The number of hydrogen-bond acceptors (Lipinski definition) is 5. The largest absolute Gasteiger partial charge is 0.352 e. The SMILES string of the molecule is Cn1c(=O)c2sccc2n2c(CCC(=O)NCc3ccc(Cl)cc3)nnc12. The minimum absolute atomic E-state index is 0.0758. The Hall–Kier alpha value is -2.71. The maximum atomic E-state index is 12.3. The summed E-state index contributed by atoms with van der Waals surface area (Å²) in [5, 5.41) is 13.7. The molecule has 27 heavy (non-hydrogen) atoms. The quantitative estimate of drug-likeness (QED) is 0.557. The Balaban J connectivity index is 1.50. The highest BCUT2D eigenvalue weighted by atomic mass is 35.5. The fourth-order valence-electron chi connectivity index (χ4n) is 2.93. The van der Waals surface area contributed by atoms with Crippen LogP contribution in [0.1, 0.15) is 17.8 Å². The van der Waals surface area contributed by atoms with E-state index in [1.54, 1.807) is 19.2 Å². The number of aryl methyl sites for hydroxylation is 2. The summed E-state index contributed by atoms with van der Waals surface area (Å²) in [6.45, 7) is 0.444. The van der Waals surface area contributed by atoms with Crippen LogP contribution < -0.4 is 10.9 Å². The van der Waals surface area contributed by atoms with E-state index in [9.17, 15) is 9.59 Å². The first-order valence-corrected chi connectivity index (χ1v) is 9.61. The molecule has 0 aliphatic heterocycles. The molecule has 9 heteroatoms. The summed E-state index contributed by atoms with van der Waals surface area (Å²) >= 11 is 7.25. The fraction of sp³-hybridized carbons (Fsp3) is 0.222. The lowest BCUT2D eigenvalue weighted by Gasteiger charge is -2.06. The van der Waals surface area contributed by atoms with Gasteiger partial charge in [-0.2, -0.15) is 0 Å². The fourth-order valence-corrected chi connectivity index (χ4v) is 3.91. The number of carbonyl (C=O) groups is 1. The number of nitrogens with zero attached hydrogens (tertiary/aromatic N) is 4. The molecule has 0 bridgehead atoms. The number of hydrogen-bond donors (Lipinski definition) is 1. The van der Waals surface area contributed by atoms with Crippen LogP contribution in [0.4, 0.5) is 0 Å². The Morgan fingerprint density at radius 2 is 2.00 bits per heavy atom. The van der Waals surface area contributed by atoms with Crippen molar-refractivity contribution in [3.63, 3.8) is 0 Å². The highest BCUT2D eigenvalue weighted by Crippen LogP contribution is 2.19. The number of amides is 1. The van der Waals surface area contributed by atoms with Gasteiger partial charge in [-0.3, -0.25) is 18.6 Å². The number of nitrogens with one attached hydrogen (secondary N) is 1. The first-order valence-electron chi connectivity index (χ1n) is 8.36. The van der Waals surface area contributed by atoms with Gasteiger partial charge in [0.15, 0.2) is 0 Å². The molecule has 3 heterocycles. The van der Waals surface area contributed by atoms with Gasteiger partial charge in [0.1, 0.15) is 10.5 Å². The van der Waals surface area contributed by atoms with Crippen LogP contribution >= 0.6 is 22.9 Å². The minimum Gasteiger partial charge on any atom is -0.352 e. The van der Waals surface area contributed by atoms with Crippen molar-refractivity contribution in [2.24, 2.45) is 7.05 Å². The highest BCUT2D eigenvalue weighted by Gasteiger charge is 2.16. The van der Waals surface area contributed by atoms with Gasteiger partial charge in [-0.15, -0.1) is 21.5 Å². The van der Waals surface area contributed by atoms with Gasteiger partial charge in [-0.05, 0) is 29.1 Å². The van der Waals surface area contributed by atoms with Gasteiger partial charge in [0.25, 0.3) is 5.56 Å². The number of thiophene rings is 1. The zero-order valence-electron chi connectivity index (χ0n) is 14.5. The van der Waals surface area contributed by atoms with Crippen LogP contribution in [0, 0.1) is 0 Å². The molecule has 4 aromatic rings. The van der Waals surface area contributed by atoms with Crippen molar-refractivity contribution in [1.82, 2.24) is 24.5 Å². The molecule has 1 N–H and O–H groups in total. The third kappa shape index (κ3) is 3.33. The predicted octanol–water partition coefficient (Wildman–Crippen LogP) is 2.55. The third-order valence-electron chi connectivity index (χ3n) is 4.38. The number of fused-ring (bicyclic) bond motifs is 3. The molecule has 0 aliphatic carbocycles. The molecule has 1 amide bonds. The number of halogens is 1. The summed E-state index contributed by atoms with van der Waals surface area (Å²) < 4.78 is 3.98. The molecule has 0 saturated carbocycles. The number of aromatic nitrogens is 4. The normalized spacial score (nSPS) is 11.3. The van der Waals surface area contributed by atoms with Gasteiger partial charge in [-0.1, -0.05) is 23.7 Å². The molecule has 0 unspecified atom stereocenters. The summed E-state index contributed by atoms with van der Waals surface area (Å²) in [4.78, 5) is 24.5. The van der Waals surface area contributed by atoms with Crippen LogP contribution in [0.25, 0.3) is 16.0 Å². The van der Waals surface area contributed by atoms with Crippen molar-refractivity contribution >= 4 is 44.8 Å². The van der Waals surface area contributed by atoms with E-state index in [0.717, 1.165) is 11.1 Å². The Kier molecular flexibility index (Phi) is 4.67. The molecule has 4 rings (SSSR count). The van der Waals surface area contributed by atoms with E-state index >= 15 is 0 Å². The van der Waals surface area contributed by atoms with Gasteiger partial charge < -0.3 is 5.32 Å². The van der Waals surface area contributed by atoms with Gasteiger partial charge in [0, 0.05) is 31.5 Å². The topological polar surface area (TPSA) is 81.3 Å². The van der Waals surface area contributed by atoms with E-state index in [4.69, 9.17) is 11.6 Å². The van der Waals surface area contributed by atoms with E-state index in [2.05, 4.69) is 15.5 Å². The van der Waals surface area contributed by atoms with Crippen molar-refractivity contribution in [3.05, 3.63) is 62.5 Å². The van der Waals surface area contributed by atoms with Crippen molar-refractivity contribution in [2.45, 2.75) is 19.4 Å². The smallest absolute Gasteiger partial charge is 0.272 e. The predicted molar refractivity (Wildman–Crippen MR) is 105 cm³/mol. The molecule has 0 fully saturated rings. The van der Waals surface area contributed by atoms with Crippen LogP contribution in [-0.4, -0.2) is 25.1 Å². The molecule has 0 atom stereocenters. The van der Waals surface area contributed by atoms with E-state index in [1.807, 2.05) is 28.0 Å². The molecular weight excluding hydrogens is 386 g/mol. The number of carbonyl (C=O) groups excluding carboxylic acids is 1. The van der Waals surface area contributed by atoms with Gasteiger partial charge in [-0.25, -0.2) is 0 Å². The molecule has 0 spiro atoms. The van der Waals surface area contributed by atoms with Crippen molar-refractivity contribution in [3.8, 4) is 0 Å². The second-order valence-corrected chi connectivity index (χ2v) is 7.51. The zero-order valence-corrected chi connectivity index (χ0v) is 16.0. The second kappa shape index (κ2) is 7.13. The summed E-state index contributed by atoms with van der Waals surface area (Å²) in [5.74, 6) is 1.06. The molecular formula is C18H16ClN5O2S. The van der Waals surface area contributed by atoms with Crippen molar-refractivity contribution < 1.29 is 4.79 Å². The van der Waals surface area contributed by atoms with E-state index in [1.165, 1.54) is 15.9 Å². The summed E-state index contributed by atoms with van der Waals surface area (Å²) in [7, 11) is 1.67. The maximum absolute atomic E-state index is 12.3. The standard InChI is InChI=1S/C18H16ClN5O2S/c1-23-17(26)16-13(8-9-27-16)24-14(21-22-18(23)24)6-7-15(25)20-10-11-2-4-12(19)5-3-11/h2-5,8-9H,6-7,10H2,1H3,(H,20,25). The second-order valence-electron chi connectivity index (χ2n) is 6.15. The molecule has 0 aliphatic rings. The monoisotopic (exact) mass is 401 g/mol. The molecule has 7 nitrogen and oxygen atoms in total. The van der Waals surface area contributed by atoms with Crippen molar-refractivity contribution in [2.75, 3.05) is 0 Å². The third-order valence-corrected chi connectivity index (χ3v) is 5.52. The van der Waals surface area contributed by atoms with Crippen LogP contribution in [0.5, 0.6) is 0 Å². The lowest BCUT2D eigenvalue weighted by Crippen LogP contribution is -2.23. The van der Waals surface area contributed by atoms with E-state index < -0.39 is 0 Å². The lowest BCUT2D eigenvalue weighted by molar-refractivity contribution is -0.121. The summed E-state index contributed by atoms with van der Waals surface area (Å²) in [6, 6.07) is 9.22. The Bertz CT molecular complexity index is 1190. The Morgan fingerprint density at radius 3 is 2.78 bits per heavy atom. The Labute approximate surface area is 163 Å². The highest BCUT2D eigenvalue weighted by molar-refractivity contribution is 7.17. The lowest BCUT2D eigenvalue weighted by atomic mass is 10.2. The zero-order chi connectivity index (χ0) is 19.0. The molecule has 1 aromatic carbocycles. The van der Waals surface area contributed by atoms with Gasteiger partial charge >= 0.3 is 0 Å². The van der Waals surface area contributed by atoms with Crippen molar-refractivity contribution in [1.29, 1.82) is 0 Å². The molecule has 3 aromatic heterocycles. The molecule has 0 saturated heterocycles. The summed E-state index contributed by atoms with van der Waals surface area (Å²) in [6.07, 6.45) is 0.708. The minimum atomic E-state index is -0.0906. The van der Waals surface area contributed by atoms with E-state index in [0.29, 0.717) is 34.3 Å². The van der Waals surface area contributed by atoms with Crippen LogP contribution in [0.2, 0.25) is 5.02 Å². The van der Waals surface area contributed by atoms with Gasteiger partial charge in [0.05, 0.1) is 5.52 Å². The Morgan fingerprint density at radius 1 is 1.22 bits per heavy atom. The molecule has 0 radical (unpaired) electrons.